The Kier molecular flexibility index (Phi) is 6.91. The minimum Gasteiger partial charge on any atom is -0.530 e. The van der Waals surface area contributed by atoms with E-state index in [0.717, 1.165) is 17.3 Å². The number of alkyl halides is 2. The molecule has 190 valence electrons. The van der Waals surface area contributed by atoms with E-state index in [4.69, 9.17) is 4.42 Å². The Bertz CT molecular complexity index is 1230. The quantitative estimate of drug-likeness (QED) is 0.436. The summed E-state index contributed by atoms with van der Waals surface area (Å²) in [4.78, 5) is 35.8. The third-order valence-electron chi connectivity index (χ3n) is 6.25. The van der Waals surface area contributed by atoms with Gasteiger partial charge in [0.15, 0.2) is 0 Å². The molecular formula is C23H22F3N6O4-. The first kappa shape index (κ1) is 25.1. The first-order chi connectivity index (χ1) is 17.2. The molecule has 0 aliphatic heterocycles. The molecule has 2 unspecified atom stereocenters. The molecule has 1 saturated carbocycles. The fraction of sp³-hybridized carbons (Fsp3) is 0.391. The molecule has 1 fully saturated rings. The number of carboxylic acid groups (broad SMARTS) is 1. The summed E-state index contributed by atoms with van der Waals surface area (Å²) in [5, 5.41) is 19.1. The highest BCUT2D eigenvalue weighted by molar-refractivity contribution is 5.86. The molecular weight excluding hydrogens is 481 g/mol. The standard InChI is InChI=1S/C23H23F3N6O4/c1-3-31(4-2)17(33)9-15-10-23(15,14-5-7-16(24)8-6-14)32(22(34)35)21-27-11-13(12-28-21)19-29-30-20(36-19)18(25)26/h5-8,11-12,15,18H,3-4,9-10H2,1-2H3,(H,34,35)/p-1. The Hall–Kier alpha value is -4.03. The Labute approximate surface area is 203 Å². The van der Waals surface area contributed by atoms with Crippen LogP contribution in [-0.2, 0) is 10.3 Å². The van der Waals surface area contributed by atoms with Gasteiger partial charge in [0.05, 0.1) is 11.1 Å². The molecule has 2 heterocycles. The van der Waals surface area contributed by atoms with E-state index in [-0.39, 0.29) is 36.2 Å². The molecule has 4 rings (SSSR count). The van der Waals surface area contributed by atoms with Gasteiger partial charge in [0.1, 0.15) is 11.9 Å². The summed E-state index contributed by atoms with van der Waals surface area (Å²) in [7, 11) is 0. The summed E-state index contributed by atoms with van der Waals surface area (Å²) >= 11 is 0. The third kappa shape index (κ3) is 4.60. The maximum atomic E-state index is 13.6. The molecule has 0 bridgehead atoms. The van der Waals surface area contributed by atoms with Crippen LogP contribution in [0, 0.1) is 11.7 Å². The van der Waals surface area contributed by atoms with E-state index in [9.17, 15) is 27.9 Å². The van der Waals surface area contributed by atoms with Gasteiger partial charge in [-0.1, -0.05) is 12.1 Å². The van der Waals surface area contributed by atoms with Crippen molar-refractivity contribution in [2.75, 3.05) is 18.0 Å². The average molecular weight is 503 g/mol. The molecule has 2 amide bonds. The minimum absolute atomic E-state index is 0.0549. The topological polar surface area (TPSA) is 128 Å². The van der Waals surface area contributed by atoms with Gasteiger partial charge in [0.25, 0.3) is 11.8 Å². The van der Waals surface area contributed by atoms with E-state index in [2.05, 4.69) is 20.2 Å². The van der Waals surface area contributed by atoms with E-state index in [1.165, 1.54) is 24.3 Å². The van der Waals surface area contributed by atoms with Crippen molar-refractivity contribution in [3.05, 3.63) is 53.9 Å². The van der Waals surface area contributed by atoms with Gasteiger partial charge >= 0.3 is 6.43 Å². The molecule has 0 saturated heterocycles. The van der Waals surface area contributed by atoms with Crippen molar-refractivity contribution in [2.24, 2.45) is 5.92 Å². The smallest absolute Gasteiger partial charge is 0.314 e. The fourth-order valence-electron chi connectivity index (χ4n) is 4.38. The van der Waals surface area contributed by atoms with Crippen LogP contribution < -0.4 is 10.0 Å². The Morgan fingerprint density at radius 2 is 1.78 bits per heavy atom. The number of amides is 2. The number of carbonyl (C=O) groups is 2. The predicted molar refractivity (Wildman–Crippen MR) is 117 cm³/mol. The number of hydrogen-bond donors (Lipinski definition) is 0. The van der Waals surface area contributed by atoms with Gasteiger partial charge < -0.3 is 19.2 Å². The molecule has 10 nitrogen and oxygen atoms in total. The lowest BCUT2D eigenvalue weighted by atomic mass is 9.99. The summed E-state index contributed by atoms with van der Waals surface area (Å²) in [5.41, 5.74) is -0.711. The Morgan fingerprint density at radius 3 is 2.31 bits per heavy atom. The Morgan fingerprint density at radius 1 is 1.14 bits per heavy atom. The largest absolute Gasteiger partial charge is 0.530 e. The second kappa shape index (κ2) is 9.91. The first-order valence-electron chi connectivity index (χ1n) is 11.2. The lowest BCUT2D eigenvalue weighted by Crippen LogP contribution is -2.50. The maximum absolute atomic E-state index is 13.6. The molecule has 1 aliphatic rings. The second-order valence-electron chi connectivity index (χ2n) is 8.22. The lowest BCUT2D eigenvalue weighted by molar-refractivity contribution is -0.247. The zero-order valence-electron chi connectivity index (χ0n) is 19.4. The zero-order chi connectivity index (χ0) is 26.0. The first-order valence-corrected chi connectivity index (χ1v) is 11.2. The molecule has 3 aromatic rings. The van der Waals surface area contributed by atoms with Crippen LogP contribution in [0.2, 0.25) is 0 Å². The molecule has 1 aromatic carbocycles. The maximum Gasteiger partial charge on any atom is 0.314 e. The average Bonchev–Trinajstić information content (AvgIpc) is 3.31. The number of nitrogens with zero attached hydrogens (tertiary/aromatic N) is 6. The summed E-state index contributed by atoms with van der Waals surface area (Å²) < 4.78 is 44.0. The molecule has 1 aliphatic carbocycles. The van der Waals surface area contributed by atoms with Crippen molar-refractivity contribution in [1.82, 2.24) is 25.1 Å². The van der Waals surface area contributed by atoms with Crippen molar-refractivity contribution in [3.8, 4) is 11.5 Å². The predicted octanol–water partition coefficient (Wildman–Crippen LogP) is 2.93. The number of anilines is 1. The van der Waals surface area contributed by atoms with Gasteiger partial charge in [-0.25, -0.2) is 14.4 Å². The number of carbonyl (C=O) groups excluding carboxylic acids is 2. The van der Waals surface area contributed by atoms with Crippen molar-refractivity contribution in [1.29, 1.82) is 0 Å². The van der Waals surface area contributed by atoms with E-state index >= 15 is 0 Å². The summed E-state index contributed by atoms with van der Waals surface area (Å²) in [5.74, 6) is -2.50. The van der Waals surface area contributed by atoms with Gasteiger partial charge in [-0.05, 0) is 43.9 Å². The van der Waals surface area contributed by atoms with Crippen LogP contribution in [0.4, 0.5) is 23.9 Å². The summed E-state index contributed by atoms with van der Waals surface area (Å²) in [6.45, 7) is 4.70. The van der Waals surface area contributed by atoms with Crippen LogP contribution >= 0.6 is 0 Å². The van der Waals surface area contributed by atoms with E-state index in [0.29, 0.717) is 18.7 Å². The number of hydrogen-bond acceptors (Lipinski definition) is 8. The van der Waals surface area contributed by atoms with Crippen molar-refractivity contribution < 1.29 is 32.3 Å². The number of benzene rings is 1. The molecule has 0 N–H and O–H groups in total. The Balaban J connectivity index is 1.69. The van der Waals surface area contributed by atoms with Crippen LogP contribution in [0.3, 0.4) is 0 Å². The van der Waals surface area contributed by atoms with Crippen LogP contribution in [0.1, 0.15) is 44.6 Å². The van der Waals surface area contributed by atoms with Crippen molar-refractivity contribution in [3.63, 3.8) is 0 Å². The lowest BCUT2D eigenvalue weighted by Gasteiger charge is -2.34. The van der Waals surface area contributed by atoms with Gasteiger partial charge in [0.2, 0.25) is 11.9 Å². The molecule has 36 heavy (non-hydrogen) atoms. The number of rotatable bonds is 9. The third-order valence-corrected chi connectivity index (χ3v) is 6.25. The van der Waals surface area contributed by atoms with Gasteiger partial charge in [-0.15, -0.1) is 10.2 Å². The minimum atomic E-state index is -2.96. The fourth-order valence-corrected chi connectivity index (χ4v) is 4.38. The number of halogens is 3. The highest BCUT2D eigenvalue weighted by Crippen LogP contribution is 2.59. The zero-order valence-corrected chi connectivity index (χ0v) is 19.4. The van der Waals surface area contributed by atoms with E-state index in [1.807, 2.05) is 13.8 Å². The second-order valence-corrected chi connectivity index (χ2v) is 8.22. The molecule has 0 radical (unpaired) electrons. The highest BCUT2D eigenvalue weighted by Gasteiger charge is 2.61. The van der Waals surface area contributed by atoms with Crippen molar-refractivity contribution in [2.45, 2.75) is 38.7 Å². The van der Waals surface area contributed by atoms with E-state index in [1.54, 1.807) is 4.90 Å². The normalized spacial score (nSPS) is 18.8. The van der Waals surface area contributed by atoms with Gasteiger partial charge in [-0.2, -0.15) is 8.78 Å². The van der Waals surface area contributed by atoms with Crippen LogP contribution in [-0.4, -0.2) is 50.2 Å². The molecule has 2 aromatic heterocycles. The van der Waals surface area contributed by atoms with Crippen LogP contribution in [0.15, 0.2) is 41.1 Å². The monoisotopic (exact) mass is 503 g/mol. The van der Waals surface area contributed by atoms with Crippen LogP contribution in [0.25, 0.3) is 11.5 Å². The molecule has 2 atom stereocenters. The SMILES string of the molecule is CCN(CC)C(=O)CC1CC1(c1ccc(F)cc1)N(C(=O)[O-])c1ncc(-c2nnc(C(F)F)o2)cn1. The summed E-state index contributed by atoms with van der Waals surface area (Å²) in [6.07, 6.45) is -1.97. The molecule has 13 heteroatoms. The van der Waals surface area contributed by atoms with Crippen molar-refractivity contribution >= 4 is 17.9 Å². The molecule has 0 spiro atoms. The van der Waals surface area contributed by atoms with E-state index < -0.39 is 35.7 Å². The van der Waals surface area contributed by atoms with Crippen LogP contribution in [0.5, 0.6) is 0 Å². The van der Waals surface area contributed by atoms with Gasteiger partial charge in [-0.3, -0.25) is 9.69 Å². The highest BCUT2D eigenvalue weighted by atomic mass is 19.3. The van der Waals surface area contributed by atoms with Gasteiger partial charge in [0, 0.05) is 31.9 Å². The number of aromatic nitrogens is 4. The summed E-state index contributed by atoms with van der Waals surface area (Å²) in [6, 6.07) is 5.30.